The van der Waals surface area contributed by atoms with E-state index in [1.807, 2.05) is 25.3 Å². The summed E-state index contributed by atoms with van der Waals surface area (Å²) in [5.41, 5.74) is 0. The number of aryl methyl sites for hydroxylation is 1. The molecule has 2 aliphatic heterocycles. The highest BCUT2D eigenvalue weighted by atomic mass is 32.1. The fraction of sp³-hybridized carbons (Fsp3) is 0.467. The molecule has 6 heteroatoms. The third-order valence-electron chi connectivity index (χ3n) is 4.28. The maximum atomic E-state index is 12.4. The Labute approximate surface area is 131 Å². The van der Waals surface area contributed by atoms with Crippen LogP contribution >= 0.6 is 22.7 Å². The van der Waals surface area contributed by atoms with Crippen molar-refractivity contribution >= 4 is 28.6 Å². The van der Waals surface area contributed by atoms with Crippen LogP contribution in [0.15, 0.2) is 18.3 Å². The van der Waals surface area contributed by atoms with Gasteiger partial charge in [-0.2, -0.15) is 0 Å². The summed E-state index contributed by atoms with van der Waals surface area (Å²) in [7, 11) is 0. The number of amides is 1. The van der Waals surface area contributed by atoms with Gasteiger partial charge >= 0.3 is 0 Å². The van der Waals surface area contributed by atoms with Crippen molar-refractivity contribution in [2.75, 3.05) is 0 Å². The van der Waals surface area contributed by atoms with Gasteiger partial charge in [0.25, 0.3) is 5.91 Å². The molecule has 3 unspecified atom stereocenters. The van der Waals surface area contributed by atoms with Crippen LogP contribution in [0.25, 0.3) is 9.88 Å². The topological polar surface area (TPSA) is 54.0 Å². The Morgan fingerprint density at radius 2 is 2.29 bits per heavy atom. The van der Waals surface area contributed by atoms with Gasteiger partial charge in [-0.1, -0.05) is 0 Å². The summed E-state index contributed by atoms with van der Waals surface area (Å²) in [6, 6.07) is 5.28. The van der Waals surface area contributed by atoms with Gasteiger partial charge in [0.1, 0.15) is 5.01 Å². The number of fused-ring (bicyclic) bond motifs is 2. The van der Waals surface area contributed by atoms with E-state index in [0.29, 0.717) is 18.1 Å². The highest BCUT2D eigenvalue weighted by Crippen LogP contribution is 2.32. The van der Waals surface area contributed by atoms with Crippen molar-refractivity contribution in [3.8, 4) is 9.88 Å². The SMILES string of the molecule is Cc1cnc(-c2ccc(C(=O)NC3CC4CCC3N4)s2)s1. The lowest BCUT2D eigenvalue weighted by Gasteiger charge is -2.20. The van der Waals surface area contributed by atoms with E-state index in [1.165, 1.54) is 29.1 Å². The van der Waals surface area contributed by atoms with E-state index in [1.54, 1.807) is 11.3 Å². The van der Waals surface area contributed by atoms with Crippen molar-refractivity contribution in [1.29, 1.82) is 0 Å². The zero-order chi connectivity index (χ0) is 14.4. The lowest BCUT2D eigenvalue weighted by Crippen LogP contribution is -2.42. The Bertz CT molecular complexity index is 678. The summed E-state index contributed by atoms with van der Waals surface area (Å²) >= 11 is 3.19. The number of thiazole rings is 1. The van der Waals surface area contributed by atoms with Crippen LogP contribution in [0, 0.1) is 6.92 Å². The van der Waals surface area contributed by atoms with Crippen molar-refractivity contribution in [2.45, 2.75) is 44.3 Å². The first-order valence-corrected chi connectivity index (χ1v) is 8.92. The predicted octanol–water partition coefficient (Wildman–Crippen LogP) is 2.80. The largest absolute Gasteiger partial charge is 0.347 e. The van der Waals surface area contributed by atoms with Gasteiger partial charge in [0.05, 0.1) is 9.75 Å². The number of nitrogens with one attached hydrogen (secondary N) is 2. The first-order valence-electron chi connectivity index (χ1n) is 7.28. The summed E-state index contributed by atoms with van der Waals surface area (Å²) < 4.78 is 0. The van der Waals surface area contributed by atoms with E-state index in [2.05, 4.69) is 15.6 Å². The zero-order valence-corrected chi connectivity index (χ0v) is 13.4. The quantitative estimate of drug-likeness (QED) is 0.915. The smallest absolute Gasteiger partial charge is 0.261 e. The Kier molecular flexibility index (Phi) is 3.32. The van der Waals surface area contributed by atoms with Gasteiger partial charge in [-0.15, -0.1) is 22.7 Å². The lowest BCUT2D eigenvalue weighted by atomic mass is 9.95. The molecule has 1 amide bonds. The second kappa shape index (κ2) is 5.19. The molecule has 0 saturated carbocycles. The average molecular weight is 319 g/mol. The molecule has 4 nitrogen and oxygen atoms in total. The van der Waals surface area contributed by atoms with Crippen LogP contribution in [-0.4, -0.2) is 29.0 Å². The summed E-state index contributed by atoms with van der Waals surface area (Å²) in [5, 5.41) is 7.74. The molecule has 0 spiro atoms. The number of carbonyl (C=O) groups is 1. The molecule has 2 aliphatic rings. The molecule has 2 fully saturated rings. The summed E-state index contributed by atoms with van der Waals surface area (Å²) in [5.74, 6) is 0.0545. The maximum Gasteiger partial charge on any atom is 0.261 e. The number of carbonyl (C=O) groups excluding carboxylic acids is 1. The highest BCUT2D eigenvalue weighted by Gasteiger charge is 2.39. The van der Waals surface area contributed by atoms with Gasteiger partial charge in [-0.25, -0.2) is 4.98 Å². The zero-order valence-electron chi connectivity index (χ0n) is 11.8. The molecule has 21 heavy (non-hydrogen) atoms. The third-order valence-corrected chi connectivity index (χ3v) is 6.44. The second-order valence-corrected chi connectivity index (χ2v) is 8.12. The van der Waals surface area contributed by atoms with E-state index < -0.39 is 0 Å². The predicted molar refractivity (Wildman–Crippen MR) is 86.0 cm³/mol. The molecule has 0 radical (unpaired) electrons. The van der Waals surface area contributed by atoms with Crippen molar-refractivity contribution in [3.05, 3.63) is 28.1 Å². The highest BCUT2D eigenvalue weighted by molar-refractivity contribution is 7.22. The molecule has 3 atom stereocenters. The van der Waals surface area contributed by atoms with E-state index >= 15 is 0 Å². The molecule has 2 saturated heterocycles. The van der Waals surface area contributed by atoms with Crippen LogP contribution < -0.4 is 10.6 Å². The van der Waals surface area contributed by atoms with Crippen LogP contribution in [0.5, 0.6) is 0 Å². The fourth-order valence-corrected chi connectivity index (χ4v) is 5.00. The Morgan fingerprint density at radius 3 is 2.95 bits per heavy atom. The molecule has 2 aromatic rings. The average Bonchev–Trinajstić information content (AvgIpc) is 3.22. The number of nitrogens with zero attached hydrogens (tertiary/aromatic N) is 1. The van der Waals surface area contributed by atoms with Crippen molar-refractivity contribution in [1.82, 2.24) is 15.6 Å². The number of thiophene rings is 1. The van der Waals surface area contributed by atoms with Crippen LogP contribution in [0.4, 0.5) is 0 Å². The minimum Gasteiger partial charge on any atom is -0.347 e. The van der Waals surface area contributed by atoms with Gasteiger partial charge in [-0.3, -0.25) is 4.79 Å². The van der Waals surface area contributed by atoms with Crippen molar-refractivity contribution in [3.63, 3.8) is 0 Å². The molecule has 4 heterocycles. The third kappa shape index (κ3) is 2.52. The minimum atomic E-state index is 0.0545. The standard InChI is InChI=1S/C15H17N3OS2/c1-8-7-16-15(20-8)13-5-4-12(21-13)14(19)18-11-6-9-2-3-10(11)17-9/h4-5,7,9-11,17H,2-3,6H2,1H3,(H,18,19). The number of aromatic nitrogens is 1. The molecule has 2 N–H and O–H groups in total. The van der Waals surface area contributed by atoms with E-state index in [-0.39, 0.29) is 5.91 Å². The molecule has 2 aromatic heterocycles. The normalized spacial score (nSPS) is 27.2. The van der Waals surface area contributed by atoms with Gasteiger partial charge < -0.3 is 10.6 Å². The van der Waals surface area contributed by atoms with Gasteiger partial charge in [0.15, 0.2) is 0 Å². The number of hydrogen-bond acceptors (Lipinski definition) is 5. The first-order chi connectivity index (χ1) is 10.2. The van der Waals surface area contributed by atoms with Crippen LogP contribution in [0.1, 0.15) is 33.8 Å². The van der Waals surface area contributed by atoms with Gasteiger partial charge in [0, 0.05) is 29.2 Å². The van der Waals surface area contributed by atoms with E-state index in [0.717, 1.165) is 21.2 Å². The summed E-state index contributed by atoms with van der Waals surface area (Å²) in [6.07, 6.45) is 5.38. The Balaban J connectivity index is 1.46. The number of rotatable bonds is 3. The molecular weight excluding hydrogens is 302 g/mol. The van der Waals surface area contributed by atoms with Crippen molar-refractivity contribution in [2.24, 2.45) is 0 Å². The van der Waals surface area contributed by atoms with Crippen LogP contribution in [0.3, 0.4) is 0 Å². The van der Waals surface area contributed by atoms with Crippen LogP contribution in [0.2, 0.25) is 0 Å². The summed E-state index contributed by atoms with van der Waals surface area (Å²) in [4.78, 5) is 19.8. The Morgan fingerprint density at radius 1 is 1.38 bits per heavy atom. The van der Waals surface area contributed by atoms with E-state index in [4.69, 9.17) is 0 Å². The maximum absolute atomic E-state index is 12.4. The lowest BCUT2D eigenvalue weighted by molar-refractivity contribution is 0.0935. The molecule has 4 rings (SSSR count). The fourth-order valence-electron chi connectivity index (χ4n) is 3.27. The van der Waals surface area contributed by atoms with Crippen molar-refractivity contribution < 1.29 is 4.79 Å². The van der Waals surface area contributed by atoms with E-state index in [9.17, 15) is 4.79 Å². The minimum absolute atomic E-state index is 0.0545. The molecular formula is C15H17N3OS2. The first kappa shape index (κ1) is 13.4. The molecule has 2 bridgehead atoms. The molecule has 110 valence electrons. The van der Waals surface area contributed by atoms with Crippen LogP contribution in [-0.2, 0) is 0 Å². The monoisotopic (exact) mass is 319 g/mol. The van der Waals surface area contributed by atoms with Gasteiger partial charge in [-0.05, 0) is 38.3 Å². The van der Waals surface area contributed by atoms with Gasteiger partial charge in [0.2, 0.25) is 0 Å². The Hall–Kier alpha value is -1.24. The summed E-state index contributed by atoms with van der Waals surface area (Å²) in [6.45, 7) is 2.05. The molecule has 0 aromatic carbocycles. The molecule has 0 aliphatic carbocycles. The second-order valence-electron chi connectivity index (χ2n) is 5.80. The number of hydrogen-bond donors (Lipinski definition) is 2.